The first-order chi connectivity index (χ1) is 8.63. The molecule has 4 heteroatoms. The van der Waals surface area contributed by atoms with Gasteiger partial charge in [0.2, 0.25) is 0 Å². The molecule has 100 valence electrons. The van der Waals surface area contributed by atoms with Crippen LogP contribution in [-0.2, 0) is 4.74 Å². The maximum absolute atomic E-state index is 14.0. The number of methoxy groups -OCH3 is 1. The van der Waals surface area contributed by atoms with Gasteiger partial charge in [0.15, 0.2) is 0 Å². The Morgan fingerprint density at radius 3 is 2.72 bits per heavy atom. The number of anilines is 1. The van der Waals surface area contributed by atoms with Crippen LogP contribution in [0.25, 0.3) is 0 Å². The molecule has 1 unspecified atom stereocenters. The minimum Gasteiger partial charge on any atom is -0.383 e. The molecule has 0 aliphatic heterocycles. The monoisotopic (exact) mass is 253 g/mol. The van der Waals surface area contributed by atoms with Gasteiger partial charge in [-0.05, 0) is 31.5 Å². The van der Waals surface area contributed by atoms with E-state index in [0.717, 1.165) is 6.42 Å². The van der Waals surface area contributed by atoms with Gasteiger partial charge < -0.3 is 9.64 Å². The van der Waals surface area contributed by atoms with Gasteiger partial charge in [-0.3, -0.25) is 4.79 Å². The van der Waals surface area contributed by atoms with E-state index in [2.05, 4.69) is 6.92 Å². The fourth-order valence-electron chi connectivity index (χ4n) is 1.82. The van der Waals surface area contributed by atoms with Crippen LogP contribution in [0.3, 0.4) is 0 Å². The van der Waals surface area contributed by atoms with Crippen LogP contribution in [0, 0.1) is 5.82 Å². The van der Waals surface area contributed by atoms with Crippen LogP contribution in [0.15, 0.2) is 18.2 Å². The molecule has 0 spiro atoms. The number of benzene rings is 1. The third-order valence-corrected chi connectivity index (χ3v) is 3.08. The second-order valence-electron chi connectivity index (χ2n) is 4.27. The first kappa shape index (κ1) is 14.6. The number of carbonyl (C=O) groups excluding carboxylic acids is 1. The third kappa shape index (κ3) is 3.53. The van der Waals surface area contributed by atoms with Crippen LogP contribution in [0.4, 0.5) is 10.1 Å². The number of nitrogens with zero attached hydrogens (tertiary/aromatic N) is 1. The molecule has 0 amide bonds. The summed E-state index contributed by atoms with van der Waals surface area (Å²) in [4.78, 5) is 12.6. The predicted octanol–water partition coefficient (Wildman–Crippen LogP) is 2.89. The Bertz CT molecular complexity index is 395. The van der Waals surface area contributed by atoms with Crippen molar-refractivity contribution < 1.29 is 13.9 Å². The smallest absolute Gasteiger partial charge is 0.150 e. The molecule has 0 N–H and O–H groups in total. The largest absolute Gasteiger partial charge is 0.383 e. The summed E-state index contributed by atoms with van der Waals surface area (Å²) in [5, 5.41) is 0. The Kier molecular flexibility index (Phi) is 5.78. The van der Waals surface area contributed by atoms with Gasteiger partial charge in [-0.2, -0.15) is 0 Å². The van der Waals surface area contributed by atoms with Crippen molar-refractivity contribution in [2.75, 3.05) is 25.2 Å². The molecule has 0 bridgehead atoms. The van der Waals surface area contributed by atoms with E-state index in [0.29, 0.717) is 30.7 Å². The van der Waals surface area contributed by atoms with E-state index in [1.807, 2.05) is 11.8 Å². The van der Waals surface area contributed by atoms with Crippen molar-refractivity contribution in [1.82, 2.24) is 0 Å². The highest BCUT2D eigenvalue weighted by Gasteiger charge is 2.16. The number of halogens is 1. The molecule has 0 saturated carbocycles. The summed E-state index contributed by atoms with van der Waals surface area (Å²) in [6.07, 6.45) is 1.56. The maximum Gasteiger partial charge on any atom is 0.150 e. The summed E-state index contributed by atoms with van der Waals surface area (Å²) in [6, 6.07) is 4.77. The average molecular weight is 253 g/mol. The van der Waals surface area contributed by atoms with Crippen LogP contribution in [0.5, 0.6) is 0 Å². The Labute approximate surface area is 108 Å². The van der Waals surface area contributed by atoms with Crippen molar-refractivity contribution in [3.63, 3.8) is 0 Å². The zero-order chi connectivity index (χ0) is 13.5. The zero-order valence-corrected chi connectivity index (χ0v) is 11.1. The second kappa shape index (κ2) is 7.11. The maximum atomic E-state index is 14.0. The van der Waals surface area contributed by atoms with E-state index in [1.54, 1.807) is 19.2 Å². The summed E-state index contributed by atoms with van der Waals surface area (Å²) in [5.41, 5.74) is 0.874. The molecule has 0 aromatic heterocycles. The fraction of sp³-hybridized carbons (Fsp3) is 0.500. The summed E-state index contributed by atoms with van der Waals surface area (Å²) in [5.74, 6) is -0.365. The van der Waals surface area contributed by atoms with Gasteiger partial charge >= 0.3 is 0 Å². The SMILES string of the molecule is CCC(C)N(CCOC)c1ccc(C=O)cc1F. The number of rotatable bonds is 7. The molecule has 3 nitrogen and oxygen atoms in total. The lowest BCUT2D eigenvalue weighted by Crippen LogP contribution is -2.36. The number of ether oxygens (including phenoxy) is 1. The number of hydrogen-bond acceptors (Lipinski definition) is 3. The van der Waals surface area contributed by atoms with E-state index in [-0.39, 0.29) is 11.9 Å². The lowest BCUT2D eigenvalue weighted by Gasteiger charge is -2.31. The molecule has 1 atom stereocenters. The normalized spacial score (nSPS) is 12.2. The zero-order valence-electron chi connectivity index (χ0n) is 11.1. The van der Waals surface area contributed by atoms with Crippen LogP contribution >= 0.6 is 0 Å². The molecule has 0 heterocycles. The number of hydrogen-bond donors (Lipinski definition) is 0. The Balaban J connectivity index is 3.00. The lowest BCUT2D eigenvalue weighted by molar-refractivity contribution is 0.112. The standard InChI is InChI=1S/C14H20FNO2/c1-4-11(2)16(7-8-18-3)14-6-5-12(10-17)9-13(14)15/h5-6,9-11H,4,7-8H2,1-3H3. The predicted molar refractivity (Wildman–Crippen MR) is 70.8 cm³/mol. The topological polar surface area (TPSA) is 29.5 Å². The minimum absolute atomic E-state index is 0.219. The van der Waals surface area contributed by atoms with Crippen LogP contribution in [-0.4, -0.2) is 32.6 Å². The minimum atomic E-state index is -0.365. The van der Waals surface area contributed by atoms with Crippen molar-refractivity contribution in [3.8, 4) is 0 Å². The van der Waals surface area contributed by atoms with Gasteiger partial charge in [-0.1, -0.05) is 6.92 Å². The van der Waals surface area contributed by atoms with Crippen molar-refractivity contribution in [3.05, 3.63) is 29.6 Å². The van der Waals surface area contributed by atoms with Crippen molar-refractivity contribution in [1.29, 1.82) is 0 Å². The Morgan fingerprint density at radius 2 is 2.22 bits per heavy atom. The molecule has 0 fully saturated rings. The molecular formula is C14H20FNO2. The summed E-state index contributed by atoms with van der Waals surface area (Å²) in [7, 11) is 1.63. The van der Waals surface area contributed by atoms with Gasteiger partial charge in [0.25, 0.3) is 0 Å². The van der Waals surface area contributed by atoms with Gasteiger partial charge in [-0.25, -0.2) is 4.39 Å². The molecule has 1 aromatic rings. The quantitative estimate of drug-likeness (QED) is 0.700. The van der Waals surface area contributed by atoms with Gasteiger partial charge in [0, 0.05) is 25.3 Å². The first-order valence-corrected chi connectivity index (χ1v) is 6.14. The Hall–Kier alpha value is -1.42. The van der Waals surface area contributed by atoms with Gasteiger partial charge in [-0.15, -0.1) is 0 Å². The summed E-state index contributed by atoms with van der Waals surface area (Å²) in [6.45, 7) is 5.27. The number of aldehydes is 1. The van der Waals surface area contributed by atoms with E-state index in [9.17, 15) is 9.18 Å². The highest BCUT2D eigenvalue weighted by molar-refractivity contribution is 5.76. The molecule has 1 rings (SSSR count). The van der Waals surface area contributed by atoms with Crippen LogP contribution < -0.4 is 4.90 Å². The van der Waals surface area contributed by atoms with Crippen molar-refractivity contribution >= 4 is 12.0 Å². The molecule has 0 aliphatic rings. The first-order valence-electron chi connectivity index (χ1n) is 6.14. The van der Waals surface area contributed by atoms with E-state index in [4.69, 9.17) is 4.74 Å². The van der Waals surface area contributed by atoms with Gasteiger partial charge in [0.1, 0.15) is 12.1 Å². The highest BCUT2D eigenvalue weighted by atomic mass is 19.1. The third-order valence-electron chi connectivity index (χ3n) is 3.08. The van der Waals surface area contributed by atoms with E-state index < -0.39 is 0 Å². The summed E-state index contributed by atoms with van der Waals surface area (Å²) < 4.78 is 19.0. The number of carbonyl (C=O) groups is 1. The molecule has 1 aromatic carbocycles. The molecule has 0 aliphatic carbocycles. The van der Waals surface area contributed by atoms with E-state index in [1.165, 1.54) is 6.07 Å². The average Bonchev–Trinajstić information content (AvgIpc) is 2.39. The molecule has 18 heavy (non-hydrogen) atoms. The highest BCUT2D eigenvalue weighted by Crippen LogP contribution is 2.23. The lowest BCUT2D eigenvalue weighted by atomic mass is 10.1. The fourth-order valence-corrected chi connectivity index (χ4v) is 1.82. The second-order valence-corrected chi connectivity index (χ2v) is 4.27. The molecular weight excluding hydrogens is 233 g/mol. The van der Waals surface area contributed by atoms with Gasteiger partial charge in [0.05, 0.1) is 12.3 Å². The molecule has 0 radical (unpaired) electrons. The van der Waals surface area contributed by atoms with Crippen LogP contribution in [0.1, 0.15) is 30.6 Å². The molecule has 0 saturated heterocycles. The van der Waals surface area contributed by atoms with Crippen molar-refractivity contribution in [2.24, 2.45) is 0 Å². The summed E-state index contributed by atoms with van der Waals surface area (Å²) >= 11 is 0. The van der Waals surface area contributed by atoms with Crippen LogP contribution in [0.2, 0.25) is 0 Å². The van der Waals surface area contributed by atoms with E-state index >= 15 is 0 Å². The Morgan fingerprint density at radius 1 is 1.50 bits per heavy atom. The van der Waals surface area contributed by atoms with Crippen molar-refractivity contribution in [2.45, 2.75) is 26.3 Å².